The summed E-state index contributed by atoms with van der Waals surface area (Å²) in [7, 11) is 0. The van der Waals surface area contributed by atoms with E-state index >= 15 is 0 Å². The second-order valence-electron chi connectivity index (χ2n) is 16.2. The minimum atomic E-state index is -1.76. The molecule has 0 radical (unpaired) electrons. The maximum Gasteiger partial charge on any atom is 0.331 e. The van der Waals surface area contributed by atoms with Gasteiger partial charge in [-0.05, 0) is 92.4 Å². The molecule has 0 amide bonds. The van der Waals surface area contributed by atoms with Crippen LogP contribution in [0.4, 0.5) is 0 Å². The molecule has 18 atom stereocenters. The standard InChI is InChI=1S/C35H54O15/c1-33-7-5-20-21(35(33,45)9-6-19(33)16-10-24(39)46-14-16)3-2-17-11-18(4-8-34(17,20)15-38)47-31-29(44)27(42)30(23(13-37)49-31)50-32-28(43)26(41)25(40)22(12-36)48-32/h10,17-23,25-32,36-38,40-45H,2-9,11-15H2,1H3/t17-,18+,19+,20-,21+,22+,23-,25-,26+,27+,28+,29-,30+,31-,32+,33-,34-,35+/m1/s1. The van der Waals surface area contributed by atoms with E-state index < -0.39 is 85.6 Å². The molecule has 3 heterocycles. The van der Waals surface area contributed by atoms with Gasteiger partial charge in [0.1, 0.15) is 55.4 Å². The highest BCUT2D eigenvalue weighted by atomic mass is 16.7. The molecule has 7 aliphatic rings. The van der Waals surface area contributed by atoms with Gasteiger partial charge in [-0.1, -0.05) is 6.92 Å². The van der Waals surface area contributed by atoms with Crippen LogP contribution in [0.1, 0.15) is 64.7 Å². The number of rotatable bonds is 8. The van der Waals surface area contributed by atoms with Crippen molar-refractivity contribution in [3.8, 4) is 0 Å². The van der Waals surface area contributed by atoms with Crippen molar-refractivity contribution in [1.82, 2.24) is 0 Å². The summed E-state index contributed by atoms with van der Waals surface area (Å²) < 4.78 is 28.5. The van der Waals surface area contributed by atoms with Crippen molar-refractivity contribution in [1.29, 1.82) is 0 Å². The first kappa shape index (κ1) is 37.0. The number of esters is 1. The van der Waals surface area contributed by atoms with E-state index in [9.17, 15) is 50.8 Å². The van der Waals surface area contributed by atoms with E-state index in [0.717, 1.165) is 37.7 Å². The number of hydrogen-bond donors (Lipinski definition) is 9. The van der Waals surface area contributed by atoms with Crippen molar-refractivity contribution in [3.05, 3.63) is 11.6 Å². The highest BCUT2D eigenvalue weighted by molar-refractivity contribution is 5.85. The van der Waals surface area contributed by atoms with Gasteiger partial charge in [0.2, 0.25) is 0 Å². The first-order valence-corrected chi connectivity index (χ1v) is 18.3. The molecule has 0 aromatic carbocycles. The Bertz CT molecular complexity index is 1280. The fourth-order valence-electron chi connectivity index (χ4n) is 11.5. The lowest BCUT2D eigenvalue weighted by Gasteiger charge is -2.64. The van der Waals surface area contributed by atoms with Crippen LogP contribution in [0.25, 0.3) is 0 Å². The van der Waals surface area contributed by atoms with E-state index in [-0.39, 0.29) is 54.4 Å². The summed E-state index contributed by atoms with van der Waals surface area (Å²) in [5, 5.41) is 96.0. The summed E-state index contributed by atoms with van der Waals surface area (Å²) in [5.74, 6) is -0.0377. The highest BCUT2D eigenvalue weighted by Crippen LogP contribution is 2.70. The van der Waals surface area contributed by atoms with Gasteiger partial charge in [0.05, 0.1) is 24.9 Å². The Morgan fingerprint density at radius 2 is 1.48 bits per heavy atom. The fraction of sp³-hybridized carbons (Fsp3) is 0.914. The molecule has 15 heteroatoms. The van der Waals surface area contributed by atoms with Gasteiger partial charge in [-0.25, -0.2) is 4.79 Å². The van der Waals surface area contributed by atoms with Gasteiger partial charge in [-0.15, -0.1) is 0 Å². The normalized spacial score (nSPS) is 53.6. The quantitative estimate of drug-likeness (QED) is 0.0998. The topological polar surface area (TPSA) is 245 Å². The van der Waals surface area contributed by atoms with Crippen molar-refractivity contribution in [2.75, 3.05) is 26.4 Å². The molecule has 0 unspecified atom stereocenters. The van der Waals surface area contributed by atoms with Crippen LogP contribution in [0.2, 0.25) is 0 Å². The lowest BCUT2D eigenvalue weighted by Crippen LogP contribution is -2.65. The summed E-state index contributed by atoms with van der Waals surface area (Å²) in [6.45, 7) is 1.10. The van der Waals surface area contributed by atoms with E-state index in [4.69, 9.17) is 23.7 Å². The number of aliphatic hydroxyl groups excluding tert-OH is 8. The maximum absolute atomic E-state index is 12.5. The van der Waals surface area contributed by atoms with Crippen LogP contribution in [-0.2, 0) is 28.5 Å². The van der Waals surface area contributed by atoms with Crippen molar-refractivity contribution < 1.29 is 74.4 Å². The van der Waals surface area contributed by atoms with Crippen LogP contribution in [-0.4, -0.2) is 151 Å². The first-order valence-electron chi connectivity index (χ1n) is 18.3. The zero-order valence-corrected chi connectivity index (χ0v) is 28.4. The van der Waals surface area contributed by atoms with Gasteiger partial charge < -0.3 is 69.6 Å². The fourth-order valence-corrected chi connectivity index (χ4v) is 11.5. The van der Waals surface area contributed by atoms with Crippen LogP contribution in [0.5, 0.6) is 0 Å². The minimum Gasteiger partial charge on any atom is -0.458 e. The summed E-state index contributed by atoms with van der Waals surface area (Å²) >= 11 is 0. The molecule has 0 aromatic heterocycles. The van der Waals surface area contributed by atoms with Crippen molar-refractivity contribution in [3.63, 3.8) is 0 Å². The number of fused-ring (bicyclic) bond motifs is 5. The molecule has 50 heavy (non-hydrogen) atoms. The lowest BCUT2D eigenvalue weighted by molar-refractivity contribution is -0.364. The van der Waals surface area contributed by atoms with E-state index in [1.165, 1.54) is 0 Å². The molecule has 4 saturated carbocycles. The SMILES string of the molecule is C[C@]12CC[C@@H]3[C@H](CC[C@@H]4C[C@@H](O[C@@H]5O[C@H](CO)[C@H](O[C@@H]6O[C@@H](CO)[C@@H](O)[C@H](O)[C@@H]6O)[C@@H](O)[C@H]5O)CC[C@@]43CO)[C@@]1(O)CC[C@H]2C1=CC(=O)OC1. The highest BCUT2D eigenvalue weighted by Gasteiger charge is 2.68. The van der Waals surface area contributed by atoms with Gasteiger partial charge in [0, 0.05) is 18.1 Å². The van der Waals surface area contributed by atoms with Gasteiger partial charge in [0.25, 0.3) is 0 Å². The number of ether oxygens (including phenoxy) is 5. The number of cyclic esters (lactones) is 1. The zero-order valence-electron chi connectivity index (χ0n) is 28.4. The Morgan fingerprint density at radius 1 is 0.780 bits per heavy atom. The Labute approximate surface area is 290 Å². The smallest absolute Gasteiger partial charge is 0.331 e. The monoisotopic (exact) mass is 714 g/mol. The van der Waals surface area contributed by atoms with Gasteiger partial charge in [-0.2, -0.15) is 0 Å². The van der Waals surface area contributed by atoms with E-state index in [0.29, 0.717) is 25.7 Å². The largest absolute Gasteiger partial charge is 0.458 e. The van der Waals surface area contributed by atoms with Gasteiger partial charge in [-0.3, -0.25) is 0 Å². The molecule has 15 nitrogen and oxygen atoms in total. The second-order valence-corrected chi connectivity index (χ2v) is 16.2. The third kappa shape index (κ3) is 5.71. The molecule has 284 valence electrons. The molecule has 2 saturated heterocycles. The molecule has 0 spiro atoms. The predicted octanol–water partition coefficient (Wildman–Crippen LogP) is -1.77. The van der Waals surface area contributed by atoms with Crippen LogP contribution in [0, 0.1) is 34.5 Å². The summed E-state index contributed by atoms with van der Waals surface area (Å²) in [4.78, 5) is 11.9. The molecule has 7 rings (SSSR count). The average molecular weight is 715 g/mol. The van der Waals surface area contributed by atoms with E-state index in [1.54, 1.807) is 6.08 Å². The van der Waals surface area contributed by atoms with Crippen LogP contribution in [0.3, 0.4) is 0 Å². The molecule has 0 aromatic rings. The summed E-state index contributed by atoms with van der Waals surface area (Å²) in [6.07, 6.45) is -7.59. The Morgan fingerprint density at radius 3 is 2.16 bits per heavy atom. The molecule has 9 N–H and O–H groups in total. The average Bonchev–Trinajstić information content (AvgIpc) is 3.66. The number of aliphatic hydroxyl groups is 9. The number of carbonyl (C=O) groups excluding carboxylic acids is 1. The third-order valence-electron chi connectivity index (χ3n) is 14.2. The summed E-state index contributed by atoms with van der Waals surface area (Å²) in [6, 6.07) is 0. The third-order valence-corrected chi connectivity index (χ3v) is 14.2. The molecule has 4 aliphatic carbocycles. The van der Waals surface area contributed by atoms with Gasteiger partial charge >= 0.3 is 5.97 Å². The van der Waals surface area contributed by atoms with Crippen molar-refractivity contribution >= 4 is 5.97 Å². The molecular weight excluding hydrogens is 660 g/mol. The van der Waals surface area contributed by atoms with E-state index in [1.807, 2.05) is 0 Å². The number of carbonyl (C=O) groups is 1. The summed E-state index contributed by atoms with van der Waals surface area (Å²) in [5.41, 5.74) is -0.743. The molecule has 6 fully saturated rings. The van der Waals surface area contributed by atoms with Crippen LogP contribution < -0.4 is 0 Å². The molecular formula is C35H54O15. The van der Waals surface area contributed by atoms with Crippen molar-refractivity contribution in [2.45, 2.75) is 138 Å². The van der Waals surface area contributed by atoms with Crippen molar-refractivity contribution in [2.24, 2.45) is 34.5 Å². The van der Waals surface area contributed by atoms with E-state index in [2.05, 4.69) is 6.92 Å². The van der Waals surface area contributed by atoms with Gasteiger partial charge in [0.15, 0.2) is 12.6 Å². The Balaban J connectivity index is 1.01. The zero-order chi connectivity index (χ0) is 35.7. The first-order chi connectivity index (χ1) is 23.8. The predicted molar refractivity (Wildman–Crippen MR) is 168 cm³/mol. The molecule has 0 bridgehead atoms. The molecule has 3 aliphatic heterocycles. The maximum atomic E-state index is 12.5. The Hall–Kier alpha value is -1.31. The minimum absolute atomic E-state index is 0.00956. The second kappa shape index (κ2) is 13.8. The van der Waals surface area contributed by atoms with Crippen LogP contribution in [0.15, 0.2) is 11.6 Å². The number of hydrogen-bond acceptors (Lipinski definition) is 15. The lowest BCUT2D eigenvalue weighted by atomic mass is 9.43. The van der Waals surface area contributed by atoms with Crippen LogP contribution >= 0.6 is 0 Å². The Kier molecular flexibility index (Phi) is 10.2.